The van der Waals surface area contributed by atoms with Crippen molar-refractivity contribution in [3.63, 3.8) is 0 Å². The van der Waals surface area contributed by atoms with Gasteiger partial charge in [-0.2, -0.15) is 5.10 Å². The maximum Gasteiger partial charge on any atom is 0.239 e. The Balaban J connectivity index is 1.51. The normalized spacial score (nSPS) is 20.2. The van der Waals surface area contributed by atoms with Crippen LogP contribution in [0.3, 0.4) is 0 Å². The summed E-state index contributed by atoms with van der Waals surface area (Å²) in [5.74, 6) is 0.573. The Morgan fingerprint density at radius 3 is 2.77 bits per heavy atom. The van der Waals surface area contributed by atoms with E-state index in [0.29, 0.717) is 19.2 Å². The smallest absolute Gasteiger partial charge is 0.239 e. The molecule has 2 aliphatic heterocycles. The van der Waals surface area contributed by atoms with Gasteiger partial charge in [0.15, 0.2) is 0 Å². The molecule has 2 aliphatic rings. The number of amides is 1. The van der Waals surface area contributed by atoms with Gasteiger partial charge in [0, 0.05) is 52.2 Å². The summed E-state index contributed by atoms with van der Waals surface area (Å²) in [7, 11) is -1.15. The number of nitrogens with one attached hydrogen (secondary N) is 2. The number of rotatable bonds is 10. The molecule has 2 saturated heterocycles. The van der Waals surface area contributed by atoms with E-state index in [-0.39, 0.29) is 11.9 Å². The lowest BCUT2D eigenvalue weighted by Crippen LogP contribution is -2.61. The van der Waals surface area contributed by atoms with Gasteiger partial charge < -0.3 is 20.1 Å². The maximum atomic E-state index is 13.5. The molecule has 1 amide bonds. The fourth-order valence-electron chi connectivity index (χ4n) is 4.90. The molecule has 2 fully saturated rings. The molecule has 0 saturated carbocycles. The molecular weight excluding hydrogens is 458 g/mol. The number of nitrogens with zero attached hydrogens (tertiary/aromatic N) is 3. The van der Waals surface area contributed by atoms with Crippen molar-refractivity contribution >= 4 is 24.9 Å². The summed E-state index contributed by atoms with van der Waals surface area (Å²) < 4.78 is 13.4. The zero-order valence-electron chi connectivity index (χ0n) is 22.3. The number of aryl methyl sites for hydroxylation is 1. The highest BCUT2D eigenvalue weighted by atomic mass is 28.3. The first kappa shape index (κ1) is 26.3. The minimum atomic E-state index is -1.15. The average Bonchev–Trinajstić information content (AvgIpc) is 3.14. The first-order valence-electron chi connectivity index (χ1n) is 12.9. The topological polar surface area (TPSA) is 80.7 Å². The van der Waals surface area contributed by atoms with Gasteiger partial charge in [0.25, 0.3) is 0 Å². The van der Waals surface area contributed by atoms with Crippen LogP contribution in [0.5, 0.6) is 0 Å². The Hall–Kier alpha value is -1.78. The Morgan fingerprint density at radius 1 is 1.31 bits per heavy atom. The standard InChI is InChI=1S/C26H43N5O3Si/c1-19-8-7-9-21-23(19)31(18-33-12-13-35(4,5)6)29-24(21)26(2,3)28-25(32)22-14-27-10-11-30(22)15-20-16-34-17-20/h7-9,20,22,27H,10-18H2,1-6H3,(H,28,32)/t22-/m0/s1. The Morgan fingerprint density at radius 2 is 2.09 bits per heavy atom. The first-order chi connectivity index (χ1) is 16.5. The molecule has 194 valence electrons. The van der Waals surface area contributed by atoms with Crippen molar-refractivity contribution in [2.24, 2.45) is 5.92 Å². The van der Waals surface area contributed by atoms with Crippen LogP contribution in [0.2, 0.25) is 25.7 Å². The van der Waals surface area contributed by atoms with Crippen LogP contribution in [-0.2, 0) is 26.5 Å². The molecule has 0 bridgehead atoms. The van der Waals surface area contributed by atoms with E-state index in [1.54, 1.807) is 0 Å². The quantitative estimate of drug-likeness (QED) is 0.385. The van der Waals surface area contributed by atoms with E-state index in [2.05, 4.69) is 60.3 Å². The summed E-state index contributed by atoms with van der Waals surface area (Å²) in [5.41, 5.74) is 2.47. The highest BCUT2D eigenvalue weighted by molar-refractivity contribution is 6.76. The molecule has 0 spiro atoms. The van der Waals surface area contributed by atoms with Crippen LogP contribution < -0.4 is 10.6 Å². The number of carbonyl (C=O) groups excluding carboxylic acids is 1. The highest BCUT2D eigenvalue weighted by Gasteiger charge is 2.36. The van der Waals surface area contributed by atoms with Crippen LogP contribution >= 0.6 is 0 Å². The number of piperazine rings is 1. The van der Waals surface area contributed by atoms with Crippen molar-refractivity contribution in [1.82, 2.24) is 25.3 Å². The molecule has 2 N–H and O–H groups in total. The number of hydrogen-bond acceptors (Lipinski definition) is 6. The number of aromatic nitrogens is 2. The SMILES string of the molecule is Cc1cccc2c(C(C)(C)NC(=O)[C@@H]3CNCCN3CC3COC3)nn(COCC[Si](C)(C)C)c12. The molecule has 1 aromatic carbocycles. The van der Waals surface area contributed by atoms with E-state index in [0.717, 1.165) is 67.7 Å². The molecule has 8 nitrogen and oxygen atoms in total. The minimum Gasteiger partial charge on any atom is -0.381 e. The summed E-state index contributed by atoms with van der Waals surface area (Å²) in [4.78, 5) is 15.8. The number of hydrogen-bond donors (Lipinski definition) is 2. The Labute approximate surface area is 210 Å². The van der Waals surface area contributed by atoms with Crippen LogP contribution in [0.4, 0.5) is 0 Å². The van der Waals surface area contributed by atoms with Crippen molar-refractivity contribution in [1.29, 1.82) is 0 Å². The van der Waals surface area contributed by atoms with Gasteiger partial charge >= 0.3 is 0 Å². The molecule has 9 heteroatoms. The van der Waals surface area contributed by atoms with Gasteiger partial charge in [0.1, 0.15) is 12.8 Å². The second kappa shape index (κ2) is 10.7. The summed E-state index contributed by atoms with van der Waals surface area (Å²) >= 11 is 0. The van der Waals surface area contributed by atoms with Crippen LogP contribution in [0.15, 0.2) is 18.2 Å². The number of ether oxygens (including phenoxy) is 2. The van der Waals surface area contributed by atoms with Crippen molar-refractivity contribution < 1.29 is 14.3 Å². The molecule has 0 aliphatic carbocycles. The molecule has 4 rings (SSSR count). The summed E-state index contributed by atoms with van der Waals surface area (Å²) in [6, 6.07) is 7.20. The highest BCUT2D eigenvalue weighted by Crippen LogP contribution is 2.30. The lowest BCUT2D eigenvalue weighted by Gasteiger charge is -2.40. The number of benzene rings is 1. The maximum absolute atomic E-state index is 13.5. The van der Waals surface area contributed by atoms with Crippen molar-refractivity contribution in [3.05, 3.63) is 29.5 Å². The lowest BCUT2D eigenvalue weighted by molar-refractivity contribution is -0.130. The van der Waals surface area contributed by atoms with Crippen molar-refractivity contribution in [2.75, 3.05) is 46.0 Å². The van der Waals surface area contributed by atoms with Crippen LogP contribution in [0, 0.1) is 12.8 Å². The average molecular weight is 502 g/mol. The zero-order chi connectivity index (χ0) is 25.2. The number of carbonyl (C=O) groups is 1. The molecule has 0 unspecified atom stereocenters. The first-order valence-corrected chi connectivity index (χ1v) is 16.6. The van der Waals surface area contributed by atoms with Crippen LogP contribution in [0.25, 0.3) is 10.9 Å². The van der Waals surface area contributed by atoms with Crippen molar-refractivity contribution in [2.45, 2.75) is 64.8 Å². The number of para-hydroxylation sites is 1. The number of fused-ring (bicyclic) bond motifs is 1. The molecule has 1 atom stereocenters. The van der Waals surface area contributed by atoms with E-state index < -0.39 is 13.6 Å². The van der Waals surface area contributed by atoms with Crippen molar-refractivity contribution in [3.8, 4) is 0 Å². The predicted octanol–water partition coefficient (Wildman–Crippen LogP) is 2.93. The van der Waals surface area contributed by atoms with E-state index in [4.69, 9.17) is 14.6 Å². The summed E-state index contributed by atoms with van der Waals surface area (Å²) in [5, 5.41) is 12.8. The van der Waals surface area contributed by atoms with Gasteiger partial charge in [-0.1, -0.05) is 37.8 Å². The van der Waals surface area contributed by atoms with Crippen LogP contribution in [0.1, 0.15) is 25.1 Å². The van der Waals surface area contributed by atoms with Gasteiger partial charge in [-0.05, 0) is 32.4 Å². The monoisotopic (exact) mass is 501 g/mol. The fraction of sp³-hybridized carbons (Fsp3) is 0.692. The van der Waals surface area contributed by atoms with E-state index in [1.165, 1.54) is 0 Å². The second-order valence-electron chi connectivity index (χ2n) is 11.9. The lowest BCUT2D eigenvalue weighted by atomic mass is 9.95. The van der Waals surface area contributed by atoms with E-state index >= 15 is 0 Å². The second-order valence-corrected chi connectivity index (χ2v) is 17.5. The van der Waals surface area contributed by atoms with E-state index in [9.17, 15) is 4.79 Å². The summed E-state index contributed by atoms with van der Waals surface area (Å²) in [6.07, 6.45) is 0. The minimum absolute atomic E-state index is 0.0455. The fourth-order valence-corrected chi connectivity index (χ4v) is 5.65. The zero-order valence-corrected chi connectivity index (χ0v) is 23.3. The third-order valence-electron chi connectivity index (χ3n) is 7.07. The third-order valence-corrected chi connectivity index (χ3v) is 8.77. The Bertz CT molecular complexity index is 1030. The van der Waals surface area contributed by atoms with Crippen LogP contribution in [-0.4, -0.2) is 80.7 Å². The van der Waals surface area contributed by atoms with Gasteiger partial charge in [0.05, 0.1) is 30.0 Å². The molecular formula is C26H43N5O3Si. The largest absolute Gasteiger partial charge is 0.381 e. The van der Waals surface area contributed by atoms with Gasteiger partial charge in [-0.3, -0.25) is 9.69 Å². The predicted molar refractivity (Wildman–Crippen MR) is 142 cm³/mol. The van der Waals surface area contributed by atoms with E-state index in [1.807, 2.05) is 18.5 Å². The molecule has 0 radical (unpaired) electrons. The van der Waals surface area contributed by atoms with Gasteiger partial charge in [-0.25, -0.2) is 4.68 Å². The van der Waals surface area contributed by atoms with Gasteiger partial charge in [0.2, 0.25) is 5.91 Å². The molecule has 3 heterocycles. The third kappa shape index (κ3) is 6.32. The molecule has 2 aromatic rings. The van der Waals surface area contributed by atoms with Gasteiger partial charge in [-0.15, -0.1) is 0 Å². The molecule has 1 aromatic heterocycles. The molecule has 35 heavy (non-hydrogen) atoms. The Kier molecular flexibility index (Phi) is 8.02. The summed E-state index contributed by atoms with van der Waals surface area (Å²) in [6.45, 7) is 19.4.